The molecule has 4 heteroatoms. The molecule has 0 amide bonds. The molecule has 1 aromatic rings. The fraction of sp³-hybridized carbons (Fsp3) is 0.533. The summed E-state index contributed by atoms with van der Waals surface area (Å²) in [5.41, 5.74) is 6.19. The molecule has 0 aliphatic heterocycles. The van der Waals surface area contributed by atoms with Crippen molar-refractivity contribution in [3.63, 3.8) is 0 Å². The van der Waals surface area contributed by atoms with Crippen LogP contribution in [-0.2, 0) is 4.74 Å². The van der Waals surface area contributed by atoms with E-state index in [9.17, 15) is 9.90 Å². The van der Waals surface area contributed by atoms with Crippen LogP contribution in [0.15, 0.2) is 18.2 Å². The molecule has 4 nitrogen and oxygen atoms in total. The number of carbonyl (C=O) groups excluding carboxylic acids is 1. The van der Waals surface area contributed by atoms with E-state index < -0.39 is 0 Å². The van der Waals surface area contributed by atoms with Gasteiger partial charge in [-0.25, -0.2) is 4.79 Å². The van der Waals surface area contributed by atoms with Crippen LogP contribution < -0.4 is 5.73 Å². The Morgan fingerprint density at radius 3 is 2.84 bits per heavy atom. The third-order valence-corrected chi connectivity index (χ3v) is 3.89. The van der Waals surface area contributed by atoms with Crippen LogP contribution >= 0.6 is 0 Å². The maximum Gasteiger partial charge on any atom is 0.338 e. The molecule has 0 heterocycles. The number of nitrogens with two attached hydrogens (primary N) is 1. The third-order valence-electron chi connectivity index (χ3n) is 3.89. The van der Waals surface area contributed by atoms with Gasteiger partial charge in [-0.3, -0.25) is 0 Å². The van der Waals surface area contributed by atoms with Crippen molar-refractivity contribution in [2.24, 2.45) is 5.92 Å². The molecule has 0 bridgehead atoms. The summed E-state index contributed by atoms with van der Waals surface area (Å²) in [5.74, 6) is 0.102. The predicted molar refractivity (Wildman–Crippen MR) is 74.0 cm³/mol. The lowest BCUT2D eigenvalue weighted by Crippen LogP contribution is -2.29. The predicted octanol–water partition coefficient (Wildman–Crippen LogP) is 3.10. The highest BCUT2D eigenvalue weighted by atomic mass is 16.5. The summed E-state index contributed by atoms with van der Waals surface area (Å²) in [6, 6.07) is 4.42. The zero-order chi connectivity index (χ0) is 13.8. The number of phenols is 1. The molecule has 1 aliphatic rings. The number of aromatic hydroxyl groups is 1. The molecule has 19 heavy (non-hydrogen) atoms. The van der Waals surface area contributed by atoms with Gasteiger partial charge in [-0.15, -0.1) is 0 Å². The highest BCUT2D eigenvalue weighted by Gasteiger charge is 2.27. The van der Waals surface area contributed by atoms with Gasteiger partial charge < -0.3 is 15.6 Å². The number of phenolic OH excluding ortho intramolecular Hbond substituents is 1. The molecule has 0 radical (unpaired) electrons. The van der Waals surface area contributed by atoms with E-state index in [4.69, 9.17) is 10.5 Å². The quantitative estimate of drug-likeness (QED) is 0.499. The average molecular weight is 263 g/mol. The van der Waals surface area contributed by atoms with E-state index in [1.54, 1.807) is 0 Å². The van der Waals surface area contributed by atoms with Gasteiger partial charge in [0, 0.05) is 0 Å². The minimum atomic E-state index is -0.350. The summed E-state index contributed by atoms with van der Waals surface area (Å²) in [6.07, 6.45) is 5.46. The second-order valence-electron chi connectivity index (χ2n) is 5.17. The molecule has 2 unspecified atom stereocenters. The molecule has 0 spiro atoms. The van der Waals surface area contributed by atoms with Crippen molar-refractivity contribution < 1.29 is 14.6 Å². The normalized spacial score (nSPS) is 23.0. The number of anilines is 1. The van der Waals surface area contributed by atoms with Gasteiger partial charge in [-0.05, 0) is 49.8 Å². The van der Waals surface area contributed by atoms with E-state index in [1.165, 1.54) is 24.6 Å². The molecule has 2 rings (SSSR count). The highest BCUT2D eigenvalue weighted by molar-refractivity contribution is 5.91. The van der Waals surface area contributed by atoms with E-state index >= 15 is 0 Å². The SMILES string of the molecule is CCC1CCCCC1OC(=O)c1ccc(O)c(N)c1. The van der Waals surface area contributed by atoms with Gasteiger partial charge in [0.2, 0.25) is 0 Å². The van der Waals surface area contributed by atoms with Gasteiger partial charge in [0.1, 0.15) is 11.9 Å². The molecule has 1 saturated carbocycles. The Bertz CT molecular complexity index is 459. The Balaban J connectivity index is 2.05. The van der Waals surface area contributed by atoms with Gasteiger partial charge in [-0.2, -0.15) is 0 Å². The Morgan fingerprint density at radius 2 is 2.16 bits per heavy atom. The van der Waals surface area contributed by atoms with Crippen molar-refractivity contribution in [1.82, 2.24) is 0 Å². The Hall–Kier alpha value is -1.71. The monoisotopic (exact) mass is 263 g/mol. The van der Waals surface area contributed by atoms with Gasteiger partial charge in [-0.1, -0.05) is 13.3 Å². The minimum absolute atomic E-state index is 0.0133. The van der Waals surface area contributed by atoms with Crippen LogP contribution in [0, 0.1) is 5.92 Å². The van der Waals surface area contributed by atoms with Crippen LogP contribution in [0.3, 0.4) is 0 Å². The summed E-state index contributed by atoms with van der Waals surface area (Å²) in [5, 5.41) is 9.35. The molecule has 2 atom stereocenters. The molecular weight excluding hydrogens is 242 g/mol. The van der Waals surface area contributed by atoms with Gasteiger partial charge >= 0.3 is 5.97 Å². The first kappa shape index (κ1) is 13.7. The van der Waals surface area contributed by atoms with Crippen LogP contribution in [0.25, 0.3) is 0 Å². The van der Waals surface area contributed by atoms with E-state index in [1.807, 2.05) is 0 Å². The van der Waals surface area contributed by atoms with Gasteiger partial charge in [0.25, 0.3) is 0 Å². The zero-order valence-electron chi connectivity index (χ0n) is 11.3. The number of rotatable bonds is 3. The lowest BCUT2D eigenvalue weighted by atomic mass is 9.85. The second kappa shape index (κ2) is 5.95. The number of ether oxygens (including phenoxy) is 1. The number of hydrogen-bond acceptors (Lipinski definition) is 4. The van der Waals surface area contributed by atoms with E-state index in [2.05, 4.69) is 6.92 Å². The number of esters is 1. The van der Waals surface area contributed by atoms with Crippen LogP contribution in [-0.4, -0.2) is 17.2 Å². The molecule has 0 aromatic heterocycles. The summed E-state index contributed by atoms with van der Waals surface area (Å²) in [6.45, 7) is 2.13. The second-order valence-corrected chi connectivity index (χ2v) is 5.17. The summed E-state index contributed by atoms with van der Waals surface area (Å²) in [7, 11) is 0. The third kappa shape index (κ3) is 3.19. The lowest BCUT2D eigenvalue weighted by molar-refractivity contribution is 0.000715. The Morgan fingerprint density at radius 1 is 1.42 bits per heavy atom. The largest absolute Gasteiger partial charge is 0.506 e. The summed E-state index contributed by atoms with van der Waals surface area (Å²) in [4.78, 5) is 12.1. The van der Waals surface area contributed by atoms with Crippen LogP contribution in [0.1, 0.15) is 49.4 Å². The van der Waals surface area contributed by atoms with Crippen molar-refractivity contribution in [2.75, 3.05) is 5.73 Å². The number of hydrogen-bond donors (Lipinski definition) is 2. The highest BCUT2D eigenvalue weighted by Crippen LogP contribution is 2.30. The average Bonchev–Trinajstić information content (AvgIpc) is 2.42. The lowest BCUT2D eigenvalue weighted by Gasteiger charge is -2.30. The molecule has 1 aromatic carbocycles. The fourth-order valence-electron chi connectivity index (χ4n) is 2.68. The molecule has 104 valence electrons. The fourth-order valence-corrected chi connectivity index (χ4v) is 2.68. The van der Waals surface area contributed by atoms with Crippen molar-refractivity contribution in [3.05, 3.63) is 23.8 Å². The smallest absolute Gasteiger partial charge is 0.338 e. The Kier molecular flexibility index (Phi) is 4.30. The molecule has 0 saturated heterocycles. The molecule has 3 N–H and O–H groups in total. The topological polar surface area (TPSA) is 72.5 Å². The standard InChI is InChI=1S/C15H21NO3/c1-2-10-5-3-4-6-14(10)19-15(18)11-7-8-13(17)12(16)9-11/h7-10,14,17H,2-6,16H2,1H3. The number of benzene rings is 1. The maximum atomic E-state index is 12.1. The summed E-state index contributed by atoms with van der Waals surface area (Å²) < 4.78 is 5.60. The van der Waals surface area contributed by atoms with Crippen molar-refractivity contribution in [2.45, 2.75) is 45.1 Å². The van der Waals surface area contributed by atoms with Crippen LogP contribution in [0.4, 0.5) is 5.69 Å². The first-order valence-corrected chi connectivity index (χ1v) is 6.91. The maximum absolute atomic E-state index is 12.1. The molecule has 1 aliphatic carbocycles. The van der Waals surface area contributed by atoms with Crippen molar-refractivity contribution in [3.8, 4) is 5.75 Å². The van der Waals surface area contributed by atoms with Crippen molar-refractivity contribution in [1.29, 1.82) is 0 Å². The molecule has 1 fully saturated rings. The first-order valence-electron chi connectivity index (χ1n) is 6.91. The van der Waals surface area contributed by atoms with Gasteiger partial charge in [0.05, 0.1) is 11.3 Å². The number of carbonyl (C=O) groups is 1. The molecular formula is C15H21NO3. The van der Waals surface area contributed by atoms with Crippen LogP contribution in [0.2, 0.25) is 0 Å². The van der Waals surface area contributed by atoms with E-state index in [0.717, 1.165) is 25.7 Å². The zero-order valence-corrected chi connectivity index (χ0v) is 11.3. The van der Waals surface area contributed by atoms with Crippen LogP contribution in [0.5, 0.6) is 5.75 Å². The summed E-state index contributed by atoms with van der Waals surface area (Å²) >= 11 is 0. The Labute approximate surface area is 113 Å². The minimum Gasteiger partial charge on any atom is -0.506 e. The van der Waals surface area contributed by atoms with Crippen molar-refractivity contribution >= 4 is 11.7 Å². The first-order chi connectivity index (χ1) is 9.11. The van der Waals surface area contributed by atoms with E-state index in [0.29, 0.717) is 11.5 Å². The van der Waals surface area contributed by atoms with Gasteiger partial charge in [0.15, 0.2) is 0 Å². The van der Waals surface area contributed by atoms with E-state index in [-0.39, 0.29) is 23.5 Å². The number of nitrogen functional groups attached to an aromatic ring is 1.